The van der Waals surface area contributed by atoms with E-state index in [-0.39, 0.29) is 32.3 Å². The molecule has 0 bridgehead atoms. The number of urea groups is 1. The van der Waals surface area contributed by atoms with E-state index in [1.54, 1.807) is 6.92 Å². The third kappa shape index (κ3) is 4.78. The normalized spacial score (nSPS) is 31.5. The number of nitrogens with zero attached hydrogens (tertiary/aromatic N) is 1. The van der Waals surface area contributed by atoms with E-state index >= 15 is 8.78 Å². The van der Waals surface area contributed by atoms with Crippen LogP contribution in [-0.2, 0) is 9.47 Å². The number of carbonyl (C=O) groups excluding carboxylic acids is 2. The molecule has 3 fully saturated rings. The fraction of sp³-hybridized carbons (Fsp3) is 0.667. The first-order valence-corrected chi connectivity index (χ1v) is 11.9. The molecular formula is C24H33F2N3O4. The van der Waals surface area contributed by atoms with Gasteiger partial charge in [0.1, 0.15) is 5.54 Å². The molecule has 1 aromatic carbocycles. The van der Waals surface area contributed by atoms with E-state index in [1.165, 1.54) is 10.5 Å². The summed E-state index contributed by atoms with van der Waals surface area (Å²) in [5.74, 6) is -2.72. The minimum absolute atomic E-state index is 0.0618. The van der Waals surface area contributed by atoms with E-state index < -0.39 is 36.0 Å². The molecule has 9 heteroatoms. The summed E-state index contributed by atoms with van der Waals surface area (Å²) >= 11 is 0. The van der Waals surface area contributed by atoms with Crippen molar-refractivity contribution in [1.29, 1.82) is 0 Å². The lowest BCUT2D eigenvalue weighted by Gasteiger charge is -2.54. The number of hydrogen-bond donors (Lipinski definition) is 2. The monoisotopic (exact) mass is 465 g/mol. The third-order valence-corrected chi connectivity index (χ3v) is 7.34. The second kappa shape index (κ2) is 9.83. The number of amides is 3. The molecule has 1 saturated carbocycles. The quantitative estimate of drug-likeness (QED) is 0.688. The maximum Gasteiger partial charge on any atom is 0.407 e. The molecule has 2 N–H and O–H groups in total. The summed E-state index contributed by atoms with van der Waals surface area (Å²) in [6.07, 6.45) is 2.02. The van der Waals surface area contributed by atoms with Gasteiger partial charge < -0.3 is 25.0 Å². The molecule has 1 aliphatic carbocycles. The zero-order valence-corrected chi connectivity index (χ0v) is 19.0. The highest BCUT2D eigenvalue weighted by atomic mass is 19.3. The van der Waals surface area contributed by atoms with Gasteiger partial charge >= 0.3 is 12.1 Å². The number of halogens is 2. The first kappa shape index (κ1) is 23.7. The minimum atomic E-state index is -3.19. The number of rotatable bonds is 5. The summed E-state index contributed by atoms with van der Waals surface area (Å²) in [5, 5.41) is 5.11. The average molecular weight is 466 g/mol. The molecule has 0 aromatic heterocycles. The van der Waals surface area contributed by atoms with E-state index in [0.29, 0.717) is 12.5 Å². The second-order valence-corrected chi connectivity index (χ2v) is 9.20. The molecule has 0 unspecified atom stereocenters. The molecule has 3 amide bonds. The molecule has 4 rings (SSSR count). The predicted octanol–water partition coefficient (Wildman–Crippen LogP) is 4.04. The number of cyclic esters (lactones) is 1. The summed E-state index contributed by atoms with van der Waals surface area (Å²) in [7, 11) is 0. The number of nitrogens with one attached hydrogen (secondary N) is 2. The molecule has 2 heterocycles. The topological polar surface area (TPSA) is 79.9 Å². The summed E-state index contributed by atoms with van der Waals surface area (Å²) in [6, 6.07) is 8.94. The largest absolute Gasteiger partial charge is 0.449 e. The van der Waals surface area contributed by atoms with Crippen molar-refractivity contribution < 1.29 is 27.8 Å². The van der Waals surface area contributed by atoms with Crippen LogP contribution in [0.25, 0.3) is 0 Å². The average Bonchev–Trinajstić information content (AvgIpc) is 2.81. The molecule has 0 radical (unpaired) electrons. The standard InChI is InChI=1S/C24H33F2N3O4/c1-2-27-21(30)29-14-12-24(25,26)23(13-15-32-22(31)28-23)20(29)16-33-19-10-8-18(9-11-19)17-6-4-3-5-7-17/h3-7,18-20H,2,8-16H2,1H3,(H,27,30)(H,28,31)/t18-,19+,20-,23+/m1/s1. The first-order valence-electron chi connectivity index (χ1n) is 11.9. The highest BCUT2D eigenvalue weighted by molar-refractivity contribution is 5.76. The number of hydrogen-bond acceptors (Lipinski definition) is 4. The van der Waals surface area contributed by atoms with Crippen LogP contribution in [0.4, 0.5) is 18.4 Å². The Morgan fingerprint density at radius 2 is 1.94 bits per heavy atom. The van der Waals surface area contributed by atoms with Gasteiger partial charge in [0.25, 0.3) is 5.92 Å². The Labute approximate surface area is 193 Å². The molecule has 2 saturated heterocycles. The number of benzene rings is 1. The van der Waals surface area contributed by atoms with E-state index in [0.717, 1.165) is 25.7 Å². The number of piperidine rings is 1. The summed E-state index contributed by atoms with van der Waals surface area (Å²) < 4.78 is 41.7. The number of likely N-dealkylation sites (tertiary alicyclic amines) is 1. The lowest BCUT2D eigenvalue weighted by atomic mass is 9.75. The molecule has 182 valence electrons. The van der Waals surface area contributed by atoms with Gasteiger partial charge in [-0.05, 0) is 44.1 Å². The second-order valence-electron chi connectivity index (χ2n) is 9.20. The van der Waals surface area contributed by atoms with E-state index in [2.05, 4.69) is 22.8 Å². The van der Waals surface area contributed by atoms with Gasteiger partial charge in [0.2, 0.25) is 0 Å². The van der Waals surface area contributed by atoms with E-state index in [4.69, 9.17) is 9.47 Å². The van der Waals surface area contributed by atoms with Crippen molar-refractivity contribution in [2.45, 2.75) is 75.0 Å². The molecule has 1 aromatic rings. The Morgan fingerprint density at radius 3 is 2.61 bits per heavy atom. The zero-order chi connectivity index (χ0) is 23.5. The van der Waals surface area contributed by atoms with Crippen LogP contribution in [-0.4, -0.2) is 66.9 Å². The van der Waals surface area contributed by atoms with Crippen LogP contribution in [0.5, 0.6) is 0 Å². The van der Waals surface area contributed by atoms with Crippen molar-refractivity contribution in [1.82, 2.24) is 15.5 Å². The van der Waals surface area contributed by atoms with Crippen LogP contribution in [0.3, 0.4) is 0 Å². The van der Waals surface area contributed by atoms with Gasteiger partial charge in [-0.3, -0.25) is 0 Å². The van der Waals surface area contributed by atoms with Crippen molar-refractivity contribution in [3.63, 3.8) is 0 Å². The molecule has 3 aliphatic rings. The van der Waals surface area contributed by atoms with Crippen LogP contribution >= 0.6 is 0 Å². The number of alkyl halides is 2. The van der Waals surface area contributed by atoms with Crippen molar-refractivity contribution in [3.05, 3.63) is 35.9 Å². The Balaban J connectivity index is 1.48. The predicted molar refractivity (Wildman–Crippen MR) is 118 cm³/mol. The van der Waals surface area contributed by atoms with Crippen LogP contribution in [0.1, 0.15) is 56.9 Å². The van der Waals surface area contributed by atoms with Gasteiger partial charge in [-0.25, -0.2) is 18.4 Å². The van der Waals surface area contributed by atoms with Gasteiger partial charge in [0.15, 0.2) is 0 Å². The highest BCUT2D eigenvalue weighted by Gasteiger charge is 2.65. The minimum Gasteiger partial charge on any atom is -0.449 e. The fourth-order valence-corrected chi connectivity index (χ4v) is 5.50. The lowest BCUT2D eigenvalue weighted by molar-refractivity contribution is -0.177. The smallest absolute Gasteiger partial charge is 0.407 e. The van der Waals surface area contributed by atoms with Crippen LogP contribution in [0.2, 0.25) is 0 Å². The zero-order valence-electron chi connectivity index (χ0n) is 19.0. The molecule has 7 nitrogen and oxygen atoms in total. The summed E-state index contributed by atoms with van der Waals surface area (Å²) in [4.78, 5) is 26.2. The molecular weight excluding hydrogens is 432 g/mol. The van der Waals surface area contributed by atoms with Crippen LogP contribution < -0.4 is 10.6 Å². The van der Waals surface area contributed by atoms with Crippen LogP contribution in [0, 0.1) is 0 Å². The van der Waals surface area contributed by atoms with Crippen molar-refractivity contribution in [2.24, 2.45) is 0 Å². The van der Waals surface area contributed by atoms with Gasteiger partial charge in [-0.15, -0.1) is 0 Å². The fourth-order valence-electron chi connectivity index (χ4n) is 5.50. The first-order chi connectivity index (χ1) is 15.9. The summed E-state index contributed by atoms with van der Waals surface area (Å²) in [5.41, 5.74) is -0.596. The highest BCUT2D eigenvalue weighted by Crippen LogP contribution is 2.45. The maximum atomic E-state index is 15.3. The van der Waals surface area contributed by atoms with Crippen molar-refractivity contribution in [2.75, 3.05) is 26.3 Å². The van der Waals surface area contributed by atoms with Gasteiger partial charge in [0.05, 0.1) is 25.4 Å². The van der Waals surface area contributed by atoms with Gasteiger partial charge in [0, 0.05) is 25.9 Å². The third-order valence-electron chi connectivity index (χ3n) is 7.34. The lowest BCUT2D eigenvalue weighted by Crippen LogP contribution is -2.78. The van der Waals surface area contributed by atoms with Gasteiger partial charge in [-0.2, -0.15) is 0 Å². The Bertz CT molecular complexity index is 832. The van der Waals surface area contributed by atoms with E-state index in [1.807, 2.05) is 18.2 Å². The number of ether oxygens (including phenoxy) is 2. The van der Waals surface area contributed by atoms with Crippen molar-refractivity contribution in [3.8, 4) is 0 Å². The number of carbonyl (C=O) groups is 2. The Kier molecular flexibility index (Phi) is 7.07. The van der Waals surface area contributed by atoms with Crippen LogP contribution in [0.15, 0.2) is 30.3 Å². The molecule has 2 aliphatic heterocycles. The van der Waals surface area contributed by atoms with E-state index in [9.17, 15) is 9.59 Å². The Morgan fingerprint density at radius 1 is 1.21 bits per heavy atom. The van der Waals surface area contributed by atoms with Gasteiger partial charge in [-0.1, -0.05) is 30.3 Å². The molecule has 1 spiro atoms. The molecule has 2 atom stereocenters. The maximum absolute atomic E-state index is 15.3. The van der Waals surface area contributed by atoms with Crippen molar-refractivity contribution >= 4 is 12.1 Å². The Hall–Kier alpha value is -2.42. The SMILES string of the molecule is CCNC(=O)N1CCC(F)(F)[C@]2(CCOC(=O)N2)[C@H]1CO[C@H]1CC[C@@H](c2ccccc2)CC1. The number of alkyl carbamates (subject to hydrolysis) is 1. The summed E-state index contributed by atoms with van der Waals surface area (Å²) in [6.45, 7) is 1.87. The molecule has 33 heavy (non-hydrogen) atoms.